The molecular weight excluding hydrogens is 420 g/mol. The number of nitrogens with one attached hydrogen (secondary N) is 2. The second-order valence-corrected chi connectivity index (χ2v) is 7.38. The van der Waals surface area contributed by atoms with Gasteiger partial charge in [-0.15, -0.1) is 0 Å². The van der Waals surface area contributed by atoms with Gasteiger partial charge in [0.15, 0.2) is 0 Å². The van der Waals surface area contributed by atoms with E-state index in [9.17, 15) is 9.59 Å². The van der Waals surface area contributed by atoms with Crippen LogP contribution in [0.3, 0.4) is 0 Å². The predicted molar refractivity (Wildman–Crippen MR) is 114 cm³/mol. The van der Waals surface area contributed by atoms with E-state index in [1.165, 1.54) is 0 Å². The molecule has 0 radical (unpaired) electrons. The van der Waals surface area contributed by atoms with E-state index in [4.69, 9.17) is 0 Å². The van der Waals surface area contributed by atoms with E-state index < -0.39 is 0 Å². The quantitative estimate of drug-likeness (QED) is 0.519. The number of carbonyl (C=O) groups excluding carboxylic acids is 2. The molecule has 2 N–H and O–H groups in total. The lowest BCUT2D eigenvalue weighted by Crippen LogP contribution is -2.24. The molecule has 0 spiro atoms. The summed E-state index contributed by atoms with van der Waals surface area (Å²) in [6.07, 6.45) is 1.93. The van der Waals surface area contributed by atoms with E-state index in [0.29, 0.717) is 19.4 Å². The van der Waals surface area contributed by atoms with Crippen LogP contribution in [0.2, 0.25) is 0 Å². The standard InChI is InChI=1S/C21H23BrN4O2/c1-2-20(27)23-13-5-8-19-25-17-6-3-4-7-18(17)26(19)14-21(28)24-16-11-9-15(22)10-12-16/h3-4,6-7,9-12H,2,5,8,13-14H2,1H3,(H,23,27)(H,24,28). The summed E-state index contributed by atoms with van der Waals surface area (Å²) >= 11 is 3.39. The Labute approximate surface area is 172 Å². The van der Waals surface area contributed by atoms with Crippen molar-refractivity contribution in [1.82, 2.24) is 14.9 Å². The Morgan fingerprint density at radius 2 is 1.82 bits per heavy atom. The van der Waals surface area contributed by atoms with Crippen molar-refractivity contribution < 1.29 is 9.59 Å². The van der Waals surface area contributed by atoms with E-state index >= 15 is 0 Å². The van der Waals surface area contributed by atoms with Gasteiger partial charge in [0.25, 0.3) is 0 Å². The first kappa shape index (κ1) is 20.1. The molecule has 0 atom stereocenters. The van der Waals surface area contributed by atoms with Crippen LogP contribution in [0, 0.1) is 0 Å². The van der Waals surface area contributed by atoms with Crippen LogP contribution in [-0.4, -0.2) is 27.9 Å². The molecule has 3 rings (SSSR count). The molecule has 7 heteroatoms. The number of rotatable bonds is 8. The van der Waals surface area contributed by atoms with Crippen LogP contribution in [-0.2, 0) is 22.6 Å². The van der Waals surface area contributed by atoms with Crippen LogP contribution in [0.1, 0.15) is 25.6 Å². The number of aromatic nitrogens is 2. The Kier molecular flexibility index (Phi) is 6.81. The van der Waals surface area contributed by atoms with E-state index in [-0.39, 0.29) is 18.4 Å². The smallest absolute Gasteiger partial charge is 0.244 e. The van der Waals surface area contributed by atoms with Gasteiger partial charge in [-0.1, -0.05) is 35.0 Å². The first-order valence-corrected chi connectivity index (χ1v) is 10.1. The molecule has 0 unspecified atom stereocenters. The highest BCUT2D eigenvalue weighted by atomic mass is 79.9. The van der Waals surface area contributed by atoms with Gasteiger partial charge in [-0.2, -0.15) is 0 Å². The predicted octanol–water partition coefficient (Wildman–Crippen LogP) is 3.90. The molecule has 28 heavy (non-hydrogen) atoms. The number of aryl methyl sites for hydroxylation is 1. The average molecular weight is 443 g/mol. The number of benzene rings is 2. The maximum Gasteiger partial charge on any atom is 0.244 e. The molecule has 0 aliphatic heterocycles. The Morgan fingerprint density at radius 1 is 1.07 bits per heavy atom. The fourth-order valence-corrected chi connectivity index (χ4v) is 3.23. The lowest BCUT2D eigenvalue weighted by molar-refractivity contribution is -0.120. The molecule has 2 aromatic carbocycles. The van der Waals surface area contributed by atoms with Crippen molar-refractivity contribution in [3.63, 3.8) is 0 Å². The fourth-order valence-electron chi connectivity index (χ4n) is 2.97. The topological polar surface area (TPSA) is 76.0 Å². The maximum absolute atomic E-state index is 12.6. The number of anilines is 1. The molecule has 2 amide bonds. The number of hydrogen-bond acceptors (Lipinski definition) is 3. The van der Waals surface area contributed by atoms with Crippen LogP contribution >= 0.6 is 15.9 Å². The molecule has 0 bridgehead atoms. The molecular formula is C21H23BrN4O2. The minimum Gasteiger partial charge on any atom is -0.356 e. The van der Waals surface area contributed by atoms with Crippen molar-refractivity contribution in [2.24, 2.45) is 0 Å². The van der Waals surface area contributed by atoms with Crippen molar-refractivity contribution in [1.29, 1.82) is 0 Å². The first-order chi connectivity index (χ1) is 13.6. The van der Waals surface area contributed by atoms with E-state index in [1.54, 1.807) is 0 Å². The van der Waals surface area contributed by atoms with E-state index in [2.05, 4.69) is 31.5 Å². The molecule has 3 aromatic rings. The Balaban J connectivity index is 1.71. The molecule has 146 valence electrons. The zero-order valence-corrected chi connectivity index (χ0v) is 17.3. The Bertz CT molecular complexity index is 966. The van der Waals surface area contributed by atoms with Gasteiger partial charge in [0.2, 0.25) is 11.8 Å². The third-order valence-corrected chi connectivity index (χ3v) is 4.91. The van der Waals surface area contributed by atoms with Crippen LogP contribution in [0.5, 0.6) is 0 Å². The lowest BCUT2D eigenvalue weighted by Gasteiger charge is -2.10. The third kappa shape index (κ3) is 5.19. The van der Waals surface area contributed by atoms with Gasteiger partial charge in [0.1, 0.15) is 12.4 Å². The summed E-state index contributed by atoms with van der Waals surface area (Å²) in [6, 6.07) is 15.3. The van der Waals surface area contributed by atoms with Gasteiger partial charge >= 0.3 is 0 Å². The summed E-state index contributed by atoms with van der Waals surface area (Å²) in [6.45, 7) is 2.62. The van der Waals surface area contributed by atoms with Crippen molar-refractivity contribution in [3.05, 3.63) is 58.8 Å². The van der Waals surface area contributed by atoms with Crippen LogP contribution in [0.15, 0.2) is 53.0 Å². The second kappa shape index (κ2) is 9.50. The normalized spacial score (nSPS) is 10.8. The molecule has 1 aromatic heterocycles. The summed E-state index contributed by atoms with van der Waals surface area (Å²) in [5, 5.41) is 5.80. The average Bonchev–Trinajstić information content (AvgIpc) is 3.04. The molecule has 0 saturated heterocycles. The molecule has 0 fully saturated rings. The summed E-state index contributed by atoms with van der Waals surface area (Å²) in [5.41, 5.74) is 2.55. The zero-order chi connectivity index (χ0) is 19.9. The number of para-hydroxylation sites is 2. The first-order valence-electron chi connectivity index (χ1n) is 9.33. The van der Waals surface area contributed by atoms with Gasteiger partial charge in [0, 0.05) is 29.5 Å². The molecule has 6 nitrogen and oxygen atoms in total. The van der Waals surface area contributed by atoms with Crippen LogP contribution in [0.4, 0.5) is 5.69 Å². The van der Waals surface area contributed by atoms with E-state index in [0.717, 1.165) is 33.4 Å². The summed E-state index contributed by atoms with van der Waals surface area (Å²) in [4.78, 5) is 28.7. The van der Waals surface area contributed by atoms with Crippen molar-refractivity contribution in [3.8, 4) is 0 Å². The summed E-state index contributed by atoms with van der Waals surface area (Å²) in [7, 11) is 0. The third-order valence-electron chi connectivity index (χ3n) is 4.38. The number of halogens is 1. The Morgan fingerprint density at radius 3 is 2.57 bits per heavy atom. The molecule has 0 aliphatic rings. The molecule has 0 aliphatic carbocycles. The van der Waals surface area contributed by atoms with Crippen molar-refractivity contribution in [2.75, 3.05) is 11.9 Å². The highest BCUT2D eigenvalue weighted by Crippen LogP contribution is 2.18. The van der Waals surface area contributed by atoms with Gasteiger partial charge < -0.3 is 15.2 Å². The number of amides is 2. The van der Waals surface area contributed by atoms with Gasteiger partial charge in [0.05, 0.1) is 11.0 Å². The van der Waals surface area contributed by atoms with Gasteiger partial charge in [-0.25, -0.2) is 4.98 Å². The maximum atomic E-state index is 12.6. The van der Waals surface area contributed by atoms with Crippen molar-refractivity contribution in [2.45, 2.75) is 32.7 Å². The van der Waals surface area contributed by atoms with Gasteiger partial charge in [-0.3, -0.25) is 9.59 Å². The van der Waals surface area contributed by atoms with Crippen LogP contribution in [0.25, 0.3) is 11.0 Å². The monoisotopic (exact) mass is 442 g/mol. The summed E-state index contributed by atoms with van der Waals surface area (Å²) < 4.78 is 2.91. The highest BCUT2D eigenvalue weighted by molar-refractivity contribution is 9.10. The Hall–Kier alpha value is -2.67. The molecule has 0 saturated carbocycles. The fraction of sp³-hybridized carbons (Fsp3) is 0.286. The van der Waals surface area contributed by atoms with Gasteiger partial charge in [-0.05, 0) is 42.8 Å². The zero-order valence-electron chi connectivity index (χ0n) is 15.7. The summed E-state index contributed by atoms with van der Waals surface area (Å²) in [5.74, 6) is 0.784. The minimum atomic E-state index is -0.106. The number of fused-ring (bicyclic) bond motifs is 1. The highest BCUT2D eigenvalue weighted by Gasteiger charge is 2.13. The minimum absolute atomic E-state index is 0.0439. The largest absolute Gasteiger partial charge is 0.356 e. The number of nitrogens with zero attached hydrogens (tertiary/aromatic N) is 2. The SMILES string of the molecule is CCC(=O)NCCCc1nc2ccccc2n1CC(=O)Nc1ccc(Br)cc1. The van der Waals surface area contributed by atoms with E-state index in [1.807, 2.05) is 60.0 Å². The molecule has 1 heterocycles. The number of carbonyl (C=O) groups is 2. The van der Waals surface area contributed by atoms with Crippen molar-refractivity contribution >= 4 is 44.5 Å². The number of imidazole rings is 1. The second-order valence-electron chi connectivity index (χ2n) is 6.47. The lowest BCUT2D eigenvalue weighted by atomic mass is 10.2. The number of hydrogen-bond donors (Lipinski definition) is 2. The van der Waals surface area contributed by atoms with Crippen LogP contribution < -0.4 is 10.6 Å².